The molecule has 0 amide bonds. The summed E-state index contributed by atoms with van der Waals surface area (Å²) in [6.45, 7) is 0. The van der Waals surface area contributed by atoms with E-state index < -0.39 is 6.10 Å². The largest absolute Gasteiger partial charge is 0.508 e. The first-order chi connectivity index (χ1) is 6.81. The van der Waals surface area contributed by atoms with E-state index in [4.69, 9.17) is 15.2 Å². The van der Waals surface area contributed by atoms with Crippen molar-refractivity contribution in [2.75, 3.05) is 0 Å². The Morgan fingerprint density at radius 2 is 2.07 bits per heavy atom. The summed E-state index contributed by atoms with van der Waals surface area (Å²) >= 11 is 0. The molecule has 2 atom stereocenters. The van der Waals surface area contributed by atoms with E-state index in [2.05, 4.69) is 5.16 Å². The molecule has 1 N–H and O–H groups in total. The molecule has 1 aromatic carbocycles. The molecule has 0 fully saturated rings. The van der Waals surface area contributed by atoms with Crippen molar-refractivity contribution >= 4 is 6.21 Å². The average Bonchev–Trinajstić information content (AvgIpc) is 2.67. The van der Waals surface area contributed by atoms with Gasteiger partial charge in [-0.25, -0.2) is 0 Å². The lowest BCUT2D eigenvalue weighted by atomic mass is 9.96. The van der Waals surface area contributed by atoms with Gasteiger partial charge in [-0.15, -0.1) is 0 Å². The monoisotopic (exact) mass is 188 g/mol. The quantitative estimate of drug-likeness (QED) is 0.724. The van der Waals surface area contributed by atoms with Crippen molar-refractivity contribution in [3.05, 3.63) is 29.8 Å². The predicted octanol–water partition coefficient (Wildman–Crippen LogP) is 1.38. The molecule has 2 rings (SSSR count). The average molecular weight is 188 g/mol. The molecule has 0 saturated carbocycles. The first-order valence-electron chi connectivity index (χ1n) is 4.19. The Morgan fingerprint density at radius 1 is 1.36 bits per heavy atom. The van der Waals surface area contributed by atoms with Crippen molar-refractivity contribution in [3.8, 4) is 11.8 Å². The van der Waals surface area contributed by atoms with Crippen LogP contribution in [-0.4, -0.2) is 17.4 Å². The molecule has 0 spiro atoms. The molecule has 1 aliphatic rings. The van der Waals surface area contributed by atoms with Crippen LogP contribution in [0.25, 0.3) is 0 Å². The van der Waals surface area contributed by atoms with Crippen molar-refractivity contribution < 1.29 is 9.94 Å². The Kier molecular flexibility index (Phi) is 2.07. The van der Waals surface area contributed by atoms with E-state index in [9.17, 15) is 0 Å². The maximum absolute atomic E-state index is 9.09. The summed E-state index contributed by atoms with van der Waals surface area (Å²) in [6, 6.07) is 8.69. The minimum atomic E-state index is -0.556. The first kappa shape index (κ1) is 8.57. The molecule has 2 unspecified atom stereocenters. The number of oxime groups is 1. The van der Waals surface area contributed by atoms with Gasteiger partial charge in [0.1, 0.15) is 11.8 Å². The van der Waals surface area contributed by atoms with Crippen LogP contribution in [0.1, 0.15) is 11.5 Å². The summed E-state index contributed by atoms with van der Waals surface area (Å²) in [4.78, 5) is 4.85. The molecule has 1 aliphatic heterocycles. The van der Waals surface area contributed by atoms with Crippen LogP contribution in [0, 0.1) is 11.3 Å². The lowest BCUT2D eigenvalue weighted by molar-refractivity contribution is 0.116. The van der Waals surface area contributed by atoms with Gasteiger partial charge in [-0.05, 0) is 17.7 Å². The first-order valence-corrected chi connectivity index (χ1v) is 4.19. The lowest BCUT2D eigenvalue weighted by Gasteiger charge is -2.09. The number of rotatable bonds is 1. The zero-order chi connectivity index (χ0) is 9.97. The Morgan fingerprint density at radius 3 is 2.71 bits per heavy atom. The summed E-state index contributed by atoms with van der Waals surface area (Å²) in [7, 11) is 0. The second-order valence-electron chi connectivity index (χ2n) is 3.03. The third-order valence-electron chi connectivity index (χ3n) is 2.13. The summed E-state index contributed by atoms with van der Waals surface area (Å²) in [5.41, 5.74) is 0.913. The Labute approximate surface area is 81.0 Å². The van der Waals surface area contributed by atoms with Gasteiger partial charge in [-0.3, -0.25) is 0 Å². The molecular weight excluding hydrogens is 180 g/mol. The van der Waals surface area contributed by atoms with Gasteiger partial charge in [0.25, 0.3) is 0 Å². The fraction of sp³-hybridized carbons (Fsp3) is 0.200. The van der Waals surface area contributed by atoms with Crippen LogP contribution in [0.3, 0.4) is 0 Å². The summed E-state index contributed by atoms with van der Waals surface area (Å²) in [5.74, 6) is 0.0683. The molecule has 0 bridgehead atoms. The zero-order valence-corrected chi connectivity index (χ0v) is 7.29. The van der Waals surface area contributed by atoms with Crippen molar-refractivity contribution in [1.82, 2.24) is 0 Å². The fourth-order valence-corrected chi connectivity index (χ4v) is 1.37. The van der Waals surface area contributed by atoms with Crippen LogP contribution in [0.15, 0.2) is 29.4 Å². The smallest absolute Gasteiger partial charge is 0.224 e. The van der Waals surface area contributed by atoms with E-state index in [1.807, 2.05) is 6.07 Å². The van der Waals surface area contributed by atoms with Gasteiger partial charge in [0.2, 0.25) is 6.10 Å². The highest BCUT2D eigenvalue weighted by Gasteiger charge is 2.27. The number of nitriles is 1. The molecule has 0 saturated heterocycles. The van der Waals surface area contributed by atoms with Crippen LogP contribution in [0.2, 0.25) is 0 Å². The van der Waals surface area contributed by atoms with Gasteiger partial charge in [-0.2, -0.15) is 5.26 Å². The Hall–Kier alpha value is -2.02. The number of aromatic hydroxyl groups is 1. The van der Waals surface area contributed by atoms with E-state index >= 15 is 0 Å². The molecule has 4 nitrogen and oxygen atoms in total. The second-order valence-corrected chi connectivity index (χ2v) is 3.03. The SMILES string of the molecule is N#CC1ON=CC1c1ccc(O)cc1. The minimum Gasteiger partial charge on any atom is -0.508 e. The summed E-state index contributed by atoms with van der Waals surface area (Å²) < 4.78 is 0. The normalized spacial score (nSPS) is 24.2. The predicted molar refractivity (Wildman–Crippen MR) is 49.8 cm³/mol. The maximum Gasteiger partial charge on any atom is 0.224 e. The third-order valence-corrected chi connectivity index (χ3v) is 2.13. The van der Waals surface area contributed by atoms with Crippen LogP contribution in [0.5, 0.6) is 5.75 Å². The number of hydrogen-bond acceptors (Lipinski definition) is 4. The van der Waals surface area contributed by atoms with Gasteiger partial charge in [0.15, 0.2) is 0 Å². The number of phenolic OH excluding ortho intramolecular Hbond substituents is 1. The van der Waals surface area contributed by atoms with Crippen molar-refractivity contribution in [2.45, 2.75) is 12.0 Å². The number of benzene rings is 1. The van der Waals surface area contributed by atoms with Crippen LogP contribution in [0.4, 0.5) is 0 Å². The number of phenols is 1. The molecule has 70 valence electrons. The zero-order valence-electron chi connectivity index (χ0n) is 7.29. The Bertz CT molecular complexity index is 392. The van der Waals surface area contributed by atoms with Crippen molar-refractivity contribution in [3.63, 3.8) is 0 Å². The molecule has 0 aliphatic carbocycles. The Balaban J connectivity index is 2.27. The highest BCUT2D eigenvalue weighted by molar-refractivity contribution is 5.70. The van der Waals surface area contributed by atoms with E-state index in [1.165, 1.54) is 0 Å². The highest BCUT2D eigenvalue weighted by atomic mass is 16.6. The van der Waals surface area contributed by atoms with Crippen LogP contribution < -0.4 is 0 Å². The van der Waals surface area contributed by atoms with Gasteiger partial charge >= 0.3 is 0 Å². The summed E-state index contributed by atoms with van der Waals surface area (Å²) in [6.07, 6.45) is 1.04. The van der Waals surface area contributed by atoms with Gasteiger partial charge in [0.05, 0.1) is 12.1 Å². The van der Waals surface area contributed by atoms with Gasteiger partial charge < -0.3 is 9.94 Å². The molecule has 1 aromatic rings. The van der Waals surface area contributed by atoms with Crippen molar-refractivity contribution in [2.24, 2.45) is 5.16 Å². The van der Waals surface area contributed by atoms with E-state index in [1.54, 1.807) is 30.5 Å². The van der Waals surface area contributed by atoms with Gasteiger partial charge in [0, 0.05) is 0 Å². The topological polar surface area (TPSA) is 65.6 Å². The van der Waals surface area contributed by atoms with E-state index in [-0.39, 0.29) is 11.7 Å². The second kappa shape index (κ2) is 3.38. The molecule has 4 heteroatoms. The lowest BCUT2D eigenvalue weighted by Crippen LogP contribution is -2.13. The molecule has 14 heavy (non-hydrogen) atoms. The standard InChI is InChI=1S/C10H8N2O2/c11-5-10-9(6-12-14-10)7-1-3-8(13)4-2-7/h1-4,6,9-10,13H. The molecule has 0 aromatic heterocycles. The highest BCUT2D eigenvalue weighted by Crippen LogP contribution is 2.25. The number of hydrogen-bond donors (Lipinski definition) is 1. The maximum atomic E-state index is 9.09. The minimum absolute atomic E-state index is 0.138. The van der Waals surface area contributed by atoms with Gasteiger partial charge in [-0.1, -0.05) is 17.3 Å². The molecule has 1 heterocycles. The fourth-order valence-electron chi connectivity index (χ4n) is 1.37. The summed E-state index contributed by atoms with van der Waals surface area (Å²) in [5, 5.41) is 21.4. The van der Waals surface area contributed by atoms with Crippen LogP contribution >= 0.6 is 0 Å². The van der Waals surface area contributed by atoms with E-state index in [0.29, 0.717) is 0 Å². The van der Waals surface area contributed by atoms with E-state index in [0.717, 1.165) is 5.56 Å². The molecular formula is C10H8N2O2. The van der Waals surface area contributed by atoms with Crippen LogP contribution in [-0.2, 0) is 4.84 Å². The van der Waals surface area contributed by atoms with Crippen molar-refractivity contribution in [1.29, 1.82) is 5.26 Å². The third kappa shape index (κ3) is 1.40. The molecule has 0 radical (unpaired) electrons. The number of nitrogens with zero attached hydrogens (tertiary/aromatic N) is 2.